The van der Waals surface area contributed by atoms with Crippen molar-refractivity contribution in [2.75, 3.05) is 11.9 Å². The lowest BCUT2D eigenvalue weighted by molar-refractivity contribution is -0.178. The predicted molar refractivity (Wildman–Crippen MR) is 127 cm³/mol. The van der Waals surface area contributed by atoms with E-state index in [9.17, 15) is 19.5 Å². The van der Waals surface area contributed by atoms with Crippen molar-refractivity contribution in [1.29, 1.82) is 0 Å². The molecular formula is C26H31N3O5. The van der Waals surface area contributed by atoms with Gasteiger partial charge < -0.3 is 25.4 Å². The molecule has 34 heavy (non-hydrogen) atoms. The first-order chi connectivity index (χ1) is 15.9. The second-order valence-electron chi connectivity index (χ2n) is 10.9. The van der Waals surface area contributed by atoms with Gasteiger partial charge in [-0.15, -0.1) is 6.58 Å². The summed E-state index contributed by atoms with van der Waals surface area (Å²) in [4.78, 5) is 41.3. The highest BCUT2D eigenvalue weighted by Crippen LogP contribution is 2.56. The van der Waals surface area contributed by atoms with Gasteiger partial charge in [0.15, 0.2) is 0 Å². The number of aliphatic hydroxyl groups is 1. The molecule has 0 aromatic heterocycles. The lowest BCUT2D eigenvalue weighted by Crippen LogP contribution is -2.69. The van der Waals surface area contributed by atoms with Crippen LogP contribution >= 0.6 is 0 Å². The van der Waals surface area contributed by atoms with Crippen LogP contribution in [0.1, 0.15) is 58.1 Å². The number of ether oxygens (including phenoxy) is 1. The maximum atomic E-state index is 13.8. The Morgan fingerprint density at radius 1 is 1.26 bits per heavy atom. The van der Waals surface area contributed by atoms with Crippen molar-refractivity contribution in [3.05, 3.63) is 42.0 Å². The minimum absolute atomic E-state index is 0.0385. The molecular weight excluding hydrogens is 434 g/mol. The van der Waals surface area contributed by atoms with E-state index in [0.29, 0.717) is 24.4 Å². The fourth-order valence-corrected chi connectivity index (χ4v) is 5.87. The molecule has 3 atom stereocenters. The molecule has 0 bridgehead atoms. The molecule has 0 saturated carbocycles. The third-order valence-electron chi connectivity index (χ3n) is 8.02. The van der Waals surface area contributed by atoms with E-state index in [1.165, 1.54) is 4.90 Å². The molecule has 0 radical (unpaired) electrons. The summed E-state index contributed by atoms with van der Waals surface area (Å²) in [5.74, 6) is -0.557. The summed E-state index contributed by atoms with van der Waals surface area (Å²) in [5, 5.41) is 16.5. The first-order valence-electron chi connectivity index (χ1n) is 11.7. The second kappa shape index (κ2) is 6.95. The summed E-state index contributed by atoms with van der Waals surface area (Å²) in [6.07, 6.45) is 6.41. The number of rotatable bonds is 4. The molecule has 3 N–H and O–H groups in total. The standard InChI is InChI=1S/C26H31N3O5/c1-6-23(2,3)25(14-17-20(30)29-13-7-11-26(29,33)22(32)27-17)16-8-9-18-15(19(16)28-21(25)31)10-12-24(4,5)34-18/h6,8-10,12,17,33H,1,7,11,13-14H2,2-5H3,(H,27,32)(H,28,31)/t17-,25?,26+/m1/s1. The molecule has 2 saturated heterocycles. The van der Waals surface area contributed by atoms with Crippen LogP contribution in [0.5, 0.6) is 5.75 Å². The quantitative estimate of drug-likeness (QED) is 0.592. The van der Waals surface area contributed by atoms with Gasteiger partial charge in [0.1, 0.15) is 17.4 Å². The molecule has 8 heteroatoms. The van der Waals surface area contributed by atoms with E-state index in [-0.39, 0.29) is 24.7 Å². The molecule has 2 fully saturated rings. The van der Waals surface area contributed by atoms with Gasteiger partial charge in [-0.1, -0.05) is 26.0 Å². The lowest BCUT2D eigenvalue weighted by atomic mass is 9.59. The molecule has 3 amide bonds. The van der Waals surface area contributed by atoms with Crippen molar-refractivity contribution >= 4 is 29.5 Å². The second-order valence-corrected chi connectivity index (χ2v) is 10.9. The van der Waals surface area contributed by atoms with Crippen LogP contribution in [0.4, 0.5) is 5.69 Å². The van der Waals surface area contributed by atoms with Crippen molar-refractivity contribution in [1.82, 2.24) is 10.2 Å². The van der Waals surface area contributed by atoms with Crippen LogP contribution in [0.25, 0.3) is 6.08 Å². The molecule has 4 aliphatic heterocycles. The maximum Gasteiger partial charge on any atom is 0.274 e. The van der Waals surface area contributed by atoms with Crippen LogP contribution in [0.3, 0.4) is 0 Å². The average molecular weight is 466 g/mol. The molecule has 1 aromatic rings. The number of hydrogen-bond acceptors (Lipinski definition) is 5. The van der Waals surface area contributed by atoms with E-state index in [4.69, 9.17) is 4.74 Å². The third-order valence-corrected chi connectivity index (χ3v) is 8.02. The van der Waals surface area contributed by atoms with Gasteiger partial charge in [-0.05, 0) is 50.5 Å². The van der Waals surface area contributed by atoms with Gasteiger partial charge in [0.2, 0.25) is 17.5 Å². The lowest BCUT2D eigenvalue weighted by Gasteiger charge is -2.46. The minimum atomic E-state index is -1.81. The average Bonchev–Trinajstić information content (AvgIpc) is 3.31. The third kappa shape index (κ3) is 2.84. The summed E-state index contributed by atoms with van der Waals surface area (Å²) in [6.45, 7) is 12.0. The number of benzene rings is 1. The first kappa shape index (κ1) is 22.7. The fourth-order valence-electron chi connectivity index (χ4n) is 5.87. The minimum Gasteiger partial charge on any atom is -0.483 e. The number of hydrogen-bond donors (Lipinski definition) is 3. The molecule has 1 aromatic carbocycles. The van der Waals surface area contributed by atoms with Crippen LogP contribution in [0, 0.1) is 5.41 Å². The molecule has 4 aliphatic rings. The van der Waals surface area contributed by atoms with E-state index in [1.807, 2.05) is 52.0 Å². The van der Waals surface area contributed by atoms with Crippen molar-refractivity contribution in [3.8, 4) is 5.75 Å². The van der Waals surface area contributed by atoms with Gasteiger partial charge in [-0.3, -0.25) is 14.4 Å². The predicted octanol–water partition coefficient (Wildman–Crippen LogP) is 2.47. The smallest absolute Gasteiger partial charge is 0.274 e. The summed E-state index contributed by atoms with van der Waals surface area (Å²) in [7, 11) is 0. The Kier molecular flexibility index (Phi) is 4.63. The Morgan fingerprint density at radius 2 is 2.00 bits per heavy atom. The highest BCUT2D eigenvalue weighted by Gasteiger charge is 2.61. The maximum absolute atomic E-state index is 13.8. The van der Waals surface area contributed by atoms with Crippen LogP contribution in [0.15, 0.2) is 30.9 Å². The molecule has 0 aliphatic carbocycles. The number of nitrogens with one attached hydrogen (secondary N) is 2. The number of piperazine rings is 1. The van der Waals surface area contributed by atoms with Gasteiger partial charge in [0.05, 0.1) is 11.1 Å². The van der Waals surface area contributed by atoms with Crippen LogP contribution in [-0.4, -0.2) is 51.6 Å². The number of carbonyl (C=O) groups excluding carboxylic acids is 3. The van der Waals surface area contributed by atoms with E-state index < -0.39 is 34.1 Å². The molecule has 0 spiro atoms. The Bertz CT molecular complexity index is 1170. The van der Waals surface area contributed by atoms with Crippen molar-refractivity contribution in [3.63, 3.8) is 0 Å². The van der Waals surface area contributed by atoms with Gasteiger partial charge in [-0.2, -0.15) is 0 Å². The Morgan fingerprint density at radius 3 is 2.71 bits per heavy atom. The van der Waals surface area contributed by atoms with Crippen molar-refractivity contribution in [2.45, 2.75) is 69.7 Å². The van der Waals surface area contributed by atoms with Crippen LogP contribution in [0.2, 0.25) is 0 Å². The van der Waals surface area contributed by atoms with E-state index in [1.54, 1.807) is 6.08 Å². The van der Waals surface area contributed by atoms with E-state index in [2.05, 4.69) is 17.2 Å². The number of nitrogens with zero attached hydrogens (tertiary/aromatic N) is 1. The number of allylic oxidation sites excluding steroid dienone is 1. The van der Waals surface area contributed by atoms with Gasteiger partial charge >= 0.3 is 0 Å². The van der Waals surface area contributed by atoms with Gasteiger partial charge in [-0.25, -0.2) is 0 Å². The number of carbonyl (C=O) groups is 3. The molecule has 1 unspecified atom stereocenters. The normalized spacial score (nSPS) is 31.3. The van der Waals surface area contributed by atoms with Gasteiger partial charge in [0.25, 0.3) is 5.91 Å². The summed E-state index contributed by atoms with van der Waals surface area (Å²) in [5.41, 5.74) is -2.05. The fraction of sp³-hybridized carbons (Fsp3) is 0.500. The first-order valence-corrected chi connectivity index (χ1v) is 11.7. The number of anilines is 1. The zero-order valence-corrected chi connectivity index (χ0v) is 20.0. The van der Waals surface area contributed by atoms with Crippen molar-refractivity contribution < 1.29 is 24.2 Å². The molecule has 8 nitrogen and oxygen atoms in total. The SMILES string of the molecule is C=CC(C)(C)C1(C[C@H]2NC(=O)[C@@]3(O)CCCN3C2=O)C(=O)Nc2c1ccc1c2C=CC(C)(C)O1. The summed E-state index contributed by atoms with van der Waals surface area (Å²) < 4.78 is 6.10. The topological polar surface area (TPSA) is 108 Å². The molecule has 180 valence electrons. The monoisotopic (exact) mass is 465 g/mol. The van der Waals surface area contributed by atoms with E-state index >= 15 is 0 Å². The Balaban J connectivity index is 1.62. The van der Waals surface area contributed by atoms with Crippen LogP contribution < -0.4 is 15.4 Å². The van der Waals surface area contributed by atoms with Crippen molar-refractivity contribution in [2.24, 2.45) is 5.41 Å². The highest BCUT2D eigenvalue weighted by atomic mass is 16.5. The van der Waals surface area contributed by atoms with E-state index in [0.717, 1.165) is 11.1 Å². The molecule has 4 heterocycles. The Labute approximate surface area is 199 Å². The summed E-state index contributed by atoms with van der Waals surface area (Å²) in [6, 6.07) is 2.77. The number of fused-ring (bicyclic) bond motifs is 4. The van der Waals surface area contributed by atoms with Crippen LogP contribution in [-0.2, 0) is 19.8 Å². The largest absolute Gasteiger partial charge is 0.483 e. The Hall–Kier alpha value is -3.13. The highest BCUT2D eigenvalue weighted by molar-refractivity contribution is 6.10. The zero-order valence-electron chi connectivity index (χ0n) is 20.0. The zero-order chi connectivity index (χ0) is 24.7. The van der Waals surface area contributed by atoms with Gasteiger partial charge in [0, 0.05) is 23.9 Å². The summed E-state index contributed by atoms with van der Waals surface area (Å²) >= 11 is 0. The number of amides is 3. The molecule has 5 rings (SSSR count).